The lowest BCUT2D eigenvalue weighted by Crippen LogP contribution is -2.49. The highest BCUT2D eigenvalue weighted by atomic mass is 19.4. The van der Waals surface area contributed by atoms with Crippen LogP contribution in [0, 0.1) is 11.8 Å². The molecule has 1 aromatic carbocycles. The summed E-state index contributed by atoms with van der Waals surface area (Å²) in [5.74, 6) is -0.238. The molecule has 0 aromatic heterocycles. The Morgan fingerprint density at radius 2 is 1.79 bits per heavy atom. The lowest BCUT2D eigenvalue weighted by molar-refractivity contribution is -0.138. The van der Waals surface area contributed by atoms with Crippen LogP contribution in [-0.2, 0) is 9.59 Å². The first-order valence-electron chi connectivity index (χ1n) is 14.3. The summed E-state index contributed by atoms with van der Waals surface area (Å²) < 4.78 is 42.6. The predicted molar refractivity (Wildman–Crippen MR) is 147 cm³/mol. The van der Waals surface area contributed by atoms with Gasteiger partial charge in [-0.15, -0.1) is 13.2 Å². The van der Waals surface area contributed by atoms with Gasteiger partial charge < -0.3 is 15.5 Å². The third kappa shape index (κ3) is 7.04. The first-order chi connectivity index (χ1) is 18.7. The van der Waals surface area contributed by atoms with E-state index in [1.165, 1.54) is 12.1 Å². The standard InChI is InChI=1S/C30H41F3N4O2/c1-21(34-2)28(38)35-20-26(22-11-5-3-6-12-22)29(39)36-18-10-17-27(36)23-13-9-16-25(19-23)37(30(31,32)33)24-14-7-4-8-15-24/h4,7-8,14-16,19,21-22,26-27,34H,3,5-6,9-13,17-18,20H2,1-2H3,(H,35,38)/t21?,26?,27-/m0/s1. The Balaban J connectivity index is 1.56. The van der Waals surface area contributed by atoms with Crippen molar-refractivity contribution in [2.75, 3.05) is 25.0 Å². The lowest BCUT2D eigenvalue weighted by atomic mass is 9.79. The molecule has 0 radical (unpaired) electrons. The average molecular weight is 547 g/mol. The molecule has 2 amide bonds. The first kappa shape index (κ1) is 29.2. The second-order valence-corrected chi connectivity index (χ2v) is 11.0. The van der Waals surface area contributed by atoms with Crippen molar-refractivity contribution < 1.29 is 22.8 Å². The summed E-state index contributed by atoms with van der Waals surface area (Å²) in [6.45, 7) is 2.66. The number of halogens is 3. The maximum Gasteiger partial charge on any atom is 0.489 e. The van der Waals surface area contributed by atoms with Crippen LogP contribution >= 0.6 is 0 Å². The van der Waals surface area contributed by atoms with Crippen LogP contribution in [0.25, 0.3) is 0 Å². The number of rotatable bonds is 9. The average Bonchev–Trinajstić information content (AvgIpc) is 3.43. The van der Waals surface area contributed by atoms with Crippen LogP contribution in [0.15, 0.2) is 53.8 Å². The number of nitrogens with one attached hydrogen (secondary N) is 2. The Bertz CT molecular complexity index is 1050. The molecule has 1 aromatic rings. The molecule has 1 aliphatic heterocycles. The van der Waals surface area contributed by atoms with E-state index in [1.54, 1.807) is 44.3 Å². The minimum absolute atomic E-state index is 0.0227. The second kappa shape index (κ2) is 13.0. The van der Waals surface area contributed by atoms with Gasteiger partial charge in [-0.3, -0.25) is 14.5 Å². The maximum atomic E-state index is 14.2. The topological polar surface area (TPSA) is 64.7 Å². The SMILES string of the molecule is CNC(C)C(=O)NCC(C(=O)N1CCC[C@H]1C1=CC(N(c2ccccc2)C(F)(F)F)=CCC1)C1CCCCC1. The van der Waals surface area contributed by atoms with Gasteiger partial charge in [-0.25, -0.2) is 0 Å². The van der Waals surface area contributed by atoms with Gasteiger partial charge in [0.15, 0.2) is 0 Å². The monoisotopic (exact) mass is 546 g/mol. The lowest BCUT2D eigenvalue weighted by Gasteiger charge is -2.37. The van der Waals surface area contributed by atoms with Crippen molar-refractivity contribution in [3.63, 3.8) is 0 Å². The van der Waals surface area contributed by atoms with Crippen LogP contribution in [0.4, 0.5) is 18.9 Å². The van der Waals surface area contributed by atoms with Gasteiger partial charge in [0.2, 0.25) is 11.8 Å². The highest BCUT2D eigenvalue weighted by molar-refractivity contribution is 5.84. The molecule has 2 unspecified atom stereocenters. The Hall–Kier alpha value is -2.81. The number of para-hydroxylation sites is 1. The van der Waals surface area contributed by atoms with Gasteiger partial charge in [0.05, 0.1) is 18.0 Å². The molecule has 6 nitrogen and oxygen atoms in total. The van der Waals surface area contributed by atoms with Gasteiger partial charge >= 0.3 is 6.30 Å². The van der Waals surface area contributed by atoms with Crippen molar-refractivity contribution in [2.24, 2.45) is 11.8 Å². The molecular formula is C30H41F3N4O2. The molecular weight excluding hydrogens is 505 g/mol. The molecule has 0 bridgehead atoms. The summed E-state index contributed by atoms with van der Waals surface area (Å²) in [6, 6.07) is 7.23. The minimum Gasteiger partial charge on any atom is -0.354 e. The van der Waals surface area contributed by atoms with Crippen LogP contribution in [0.2, 0.25) is 0 Å². The van der Waals surface area contributed by atoms with E-state index in [9.17, 15) is 22.8 Å². The fraction of sp³-hybridized carbons (Fsp3) is 0.600. The van der Waals surface area contributed by atoms with E-state index in [2.05, 4.69) is 10.6 Å². The number of anilines is 1. The molecule has 2 aliphatic carbocycles. The van der Waals surface area contributed by atoms with Gasteiger partial charge in [-0.05, 0) is 82.2 Å². The van der Waals surface area contributed by atoms with Gasteiger partial charge in [-0.1, -0.05) is 43.5 Å². The van der Waals surface area contributed by atoms with Crippen molar-refractivity contribution in [3.05, 3.63) is 53.8 Å². The molecule has 1 saturated heterocycles. The third-order valence-electron chi connectivity index (χ3n) is 8.47. The summed E-state index contributed by atoms with van der Waals surface area (Å²) in [7, 11) is 1.72. The molecule has 0 spiro atoms. The minimum atomic E-state index is -4.58. The molecule has 4 rings (SSSR count). The van der Waals surface area contributed by atoms with Crippen LogP contribution in [-0.4, -0.2) is 55.2 Å². The van der Waals surface area contributed by atoms with E-state index < -0.39 is 6.30 Å². The number of nitrogens with zero attached hydrogens (tertiary/aromatic N) is 2. The Labute approximate surface area is 229 Å². The summed E-state index contributed by atoms with van der Waals surface area (Å²) in [4.78, 5) is 28.9. The molecule has 3 aliphatic rings. The Morgan fingerprint density at radius 1 is 1.08 bits per heavy atom. The van der Waals surface area contributed by atoms with Crippen LogP contribution in [0.1, 0.15) is 64.7 Å². The largest absolute Gasteiger partial charge is 0.489 e. The van der Waals surface area contributed by atoms with E-state index >= 15 is 0 Å². The number of hydrogen-bond donors (Lipinski definition) is 2. The first-order valence-corrected chi connectivity index (χ1v) is 14.3. The van der Waals surface area contributed by atoms with Crippen LogP contribution in [0.5, 0.6) is 0 Å². The zero-order chi connectivity index (χ0) is 28.0. The van der Waals surface area contributed by atoms with Gasteiger partial charge in [0.1, 0.15) is 0 Å². The van der Waals surface area contributed by atoms with E-state index in [0.29, 0.717) is 24.3 Å². The summed E-state index contributed by atoms with van der Waals surface area (Å²) >= 11 is 0. The number of amides is 2. The number of likely N-dealkylation sites (tertiary alicyclic amines) is 1. The fourth-order valence-electron chi connectivity index (χ4n) is 6.26. The van der Waals surface area contributed by atoms with Crippen molar-refractivity contribution in [3.8, 4) is 0 Å². The van der Waals surface area contributed by atoms with Crippen molar-refractivity contribution >= 4 is 17.5 Å². The zero-order valence-corrected chi connectivity index (χ0v) is 23.0. The highest BCUT2D eigenvalue weighted by Crippen LogP contribution is 2.39. The van der Waals surface area contributed by atoms with Gasteiger partial charge in [0.25, 0.3) is 0 Å². The van der Waals surface area contributed by atoms with E-state index in [1.807, 2.05) is 4.90 Å². The number of alkyl halides is 3. The molecule has 2 N–H and O–H groups in total. The summed E-state index contributed by atoms with van der Waals surface area (Å²) in [5, 5.41) is 5.92. The Morgan fingerprint density at radius 3 is 2.46 bits per heavy atom. The molecule has 214 valence electrons. The number of benzene rings is 1. The van der Waals surface area contributed by atoms with Gasteiger partial charge in [-0.2, -0.15) is 0 Å². The van der Waals surface area contributed by atoms with Crippen LogP contribution in [0.3, 0.4) is 0 Å². The van der Waals surface area contributed by atoms with E-state index in [-0.39, 0.29) is 53.7 Å². The number of carbonyl (C=O) groups is 2. The van der Waals surface area contributed by atoms with Gasteiger partial charge in [0, 0.05) is 24.5 Å². The zero-order valence-electron chi connectivity index (χ0n) is 23.0. The van der Waals surface area contributed by atoms with Crippen molar-refractivity contribution in [1.82, 2.24) is 15.5 Å². The quantitative estimate of drug-likeness (QED) is 0.400. The summed E-state index contributed by atoms with van der Waals surface area (Å²) in [5.41, 5.74) is 1.04. The van der Waals surface area contributed by atoms with Crippen molar-refractivity contribution in [2.45, 2.75) is 83.1 Å². The number of allylic oxidation sites excluding steroid dienone is 2. The molecule has 3 atom stereocenters. The molecule has 39 heavy (non-hydrogen) atoms. The van der Waals surface area contributed by atoms with E-state index in [4.69, 9.17) is 0 Å². The molecule has 1 saturated carbocycles. The fourth-order valence-corrected chi connectivity index (χ4v) is 6.26. The number of carbonyl (C=O) groups excluding carboxylic acids is 2. The second-order valence-electron chi connectivity index (χ2n) is 11.0. The normalized spacial score (nSPS) is 22.1. The molecule has 1 heterocycles. The Kier molecular flexibility index (Phi) is 9.75. The smallest absolute Gasteiger partial charge is 0.354 e. The van der Waals surface area contributed by atoms with Crippen LogP contribution < -0.4 is 15.5 Å². The summed E-state index contributed by atoms with van der Waals surface area (Å²) in [6.07, 6.45) is 6.59. The third-order valence-corrected chi connectivity index (χ3v) is 8.47. The van der Waals surface area contributed by atoms with Crippen molar-refractivity contribution in [1.29, 1.82) is 0 Å². The molecule has 2 fully saturated rings. The van der Waals surface area contributed by atoms with E-state index in [0.717, 1.165) is 50.5 Å². The maximum absolute atomic E-state index is 14.2. The number of likely N-dealkylation sites (N-methyl/N-ethyl adjacent to an activating group) is 1. The predicted octanol–water partition coefficient (Wildman–Crippen LogP) is 5.53. The number of hydrogen-bond acceptors (Lipinski definition) is 4. The highest BCUT2D eigenvalue weighted by Gasteiger charge is 2.42. The molecule has 9 heteroatoms.